The van der Waals surface area contributed by atoms with Gasteiger partial charge in [-0.15, -0.1) is 0 Å². The topological polar surface area (TPSA) is 37.8 Å². The number of fused-ring (bicyclic) bond motifs is 1. The zero-order chi connectivity index (χ0) is 14.1. The highest BCUT2D eigenvalue weighted by Crippen LogP contribution is 2.23. The maximum absolute atomic E-state index is 13.3. The molecule has 2 heterocycles. The molecular formula is C15H15F2N3. The standard InChI is InChI=1S/C15H15F2N3/c1-2-13-12-8-18-4-3-14(12)20-15(19-13)9-5-10(16)7-11(17)6-9/h5-7,18H,2-4,8H2,1H3. The third kappa shape index (κ3) is 2.41. The summed E-state index contributed by atoms with van der Waals surface area (Å²) >= 11 is 0. The lowest BCUT2D eigenvalue weighted by molar-refractivity contribution is 0.583. The molecule has 0 amide bonds. The first kappa shape index (κ1) is 13.1. The summed E-state index contributed by atoms with van der Waals surface area (Å²) in [5, 5.41) is 3.29. The van der Waals surface area contributed by atoms with Crippen LogP contribution in [0.3, 0.4) is 0 Å². The van der Waals surface area contributed by atoms with Crippen molar-refractivity contribution >= 4 is 0 Å². The average Bonchev–Trinajstić information content (AvgIpc) is 2.45. The summed E-state index contributed by atoms with van der Waals surface area (Å²) in [6.45, 7) is 3.65. The molecule has 0 atom stereocenters. The molecule has 3 rings (SSSR count). The number of nitrogens with one attached hydrogen (secondary N) is 1. The monoisotopic (exact) mass is 275 g/mol. The van der Waals surface area contributed by atoms with Gasteiger partial charge >= 0.3 is 0 Å². The fourth-order valence-corrected chi connectivity index (χ4v) is 2.52. The van der Waals surface area contributed by atoms with Crippen LogP contribution in [0.1, 0.15) is 23.9 Å². The first-order valence-electron chi connectivity index (χ1n) is 6.73. The molecule has 0 spiro atoms. The van der Waals surface area contributed by atoms with Crippen molar-refractivity contribution in [3.63, 3.8) is 0 Å². The number of rotatable bonds is 2. The Morgan fingerprint density at radius 1 is 1.15 bits per heavy atom. The van der Waals surface area contributed by atoms with Gasteiger partial charge in [-0.2, -0.15) is 0 Å². The summed E-state index contributed by atoms with van der Waals surface area (Å²) in [6.07, 6.45) is 1.59. The van der Waals surface area contributed by atoms with E-state index in [-0.39, 0.29) is 0 Å². The fourth-order valence-electron chi connectivity index (χ4n) is 2.52. The Labute approximate surface area is 116 Å². The molecule has 3 nitrogen and oxygen atoms in total. The Bertz CT molecular complexity index is 618. The predicted octanol–water partition coefficient (Wildman–Crippen LogP) is 2.63. The van der Waals surface area contributed by atoms with Crippen molar-refractivity contribution in [2.75, 3.05) is 6.54 Å². The van der Waals surface area contributed by atoms with Crippen LogP contribution in [0.25, 0.3) is 11.4 Å². The van der Waals surface area contributed by atoms with Gasteiger partial charge < -0.3 is 5.32 Å². The van der Waals surface area contributed by atoms with Crippen LogP contribution in [-0.4, -0.2) is 16.5 Å². The van der Waals surface area contributed by atoms with Crippen molar-refractivity contribution in [2.45, 2.75) is 26.3 Å². The second-order valence-electron chi connectivity index (χ2n) is 4.86. The van der Waals surface area contributed by atoms with Gasteiger partial charge in [-0.3, -0.25) is 0 Å². The van der Waals surface area contributed by atoms with Gasteiger partial charge in [0.05, 0.1) is 5.69 Å². The normalized spacial score (nSPS) is 14.2. The van der Waals surface area contributed by atoms with E-state index in [2.05, 4.69) is 15.3 Å². The summed E-state index contributed by atoms with van der Waals surface area (Å²) in [5.74, 6) is -0.817. The van der Waals surface area contributed by atoms with E-state index in [4.69, 9.17) is 0 Å². The molecule has 0 saturated heterocycles. The van der Waals surface area contributed by atoms with Gasteiger partial charge in [-0.1, -0.05) is 6.92 Å². The number of aromatic nitrogens is 2. The minimum atomic E-state index is -0.610. The van der Waals surface area contributed by atoms with Crippen LogP contribution in [-0.2, 0) is 19.4 Å². The van der Waals surface area contributed by atoms with E-state index in [1.165, 1.54) is 12.1 Å². The second-order valence-corrected chi connectivity index (χ2v) is 4.86. The third-order valence-corrected chi connectivity index (χ3v) is 3.47. The largest absolute Gasteiger partial charge is 0.312 e. The lowest BCUT2D eigenvalue weighted by Crippen LogP contribution is -2.26. The summed E-state index contributed by atoms with van der Waals surface area (Å²) in [4.78, 5) is 8.96. The molecule has 2 aromatic rings. The van der Waals surface area contributed by atoms with Gasteiger partial charge in [0.2, 0.25) is 0 Å². The molecule has 0 saturated carbocycles. The van der Waals surface area contributed by atoms with E-state index in [0.29, 0.717) is 11.4 Å². The van der Waals surface area contributed by atoms with Crippen molar-refractivity contribution in [2.24, 2.45) is 0 Å². The minimum absolute atomic E-state index is 0.388. The number of halogens is 2. The van der Waals surface area contributed by atoms with Gasteiger partial charge in [0.25, 0.3) is 0 Å². The number of benzene rings is 1. The molecule has 5 heteroatoms. The number of aryl methyl sites for hydroxylation is 1. The molecule has 0 aliphatic carbocycles. The van der Waals surface area contributed by atoms with Gasteiger partial charge in [0.1, 0.15) is 11.6 Å². The summed E-state index contributed by atoms with van der Waals surface area (Å²) < 4.78 is 26.7. The molecule has 1 aromatic heterocycles. The van der Waals surface area contributed by atoms with Crippen molar-refractivity contribution < 1.29 is 8.78 Å². The van der Waals surface area contributed by atoms with Crippen LogP contribution in [0.15, 0.2) is 18.2 Å². The molecule has 0 unspecified atom stereocenters. The van der Waals surface area contributed by atoms with E-state index in [0.717, 1.165) is 48.9 Å². The van der Waals surface area contributed by atoms with Crippen molar-refractivity contribution in [3.05, 3.63) is 46.8 Å². The maximum atomic E-state index is 13.3. The summed E-state index contributed by atoms with van der Waals surface area (Å²) in [6, 6.07) is 3.39. The molecule has 104 valence electrons. The Kier molecular flexibility index (Phi) is 3.44. The highest BCUT2D eigenvalue weighted by atomic mass is 19.1. The predicted molar refractivity (Wildman–Crippen MR) is 72.2 cm³/mol. The highest BCUT2D eigenvalue weighted by Gasteiger charge is 2.17. The van der Waals surface area contributed by atoms with Gasteiger partial charge in [-0.25, -0.2) is 18.7 Å². The Morgan fingerprint density at radius 2 is 1.90 bits per heavy atom. The molecule has 0 radical (unpaired) electrons. The van der Waals surface area contributed by atoms with Crippen LogP contribution >= 0.6 is 0 Å². The fraction of sp³-hybridized carbons (Fsp3) is 0.333. The van der Waals surface area contributed by atoms with E-state index >= 15 is 0 Å². The second kappa shape index (κ2) is 5.25. The van der Waals surface area contributed by atoms with Crippen molar-refractivity contribution in [3.8, 4) is 11.4 Å². The smallest absolute Gasteiger partial charge is 0.159 e. The Balaban J connectivity index is 2.14. The van der Waals surface area contributed by atoms with Crippen LogP contribution in [0.4, 0.5) is 8.78 Å². The zero-order valence-corrected chi connectivity index (χ0v) is 11.2. The molecular weight excluding hydrogens is 260 g/mol. The first-order valence-corrected chi connectivity index (χ1v) is 6.73. The Morgan fingerprint density at radius 3 is 2.60 bits per heavy atom. The molecule has 20 heavy (non-hydrogen) atoms. The van der Waals surface area contributed by atoms with Crippen molar-refractivity contribution in [1.82, 2.24) is 15.3 Å². The molecule has 1 aliphatic rings. The number of hydrogen-bond donors (Lipinski definition) is 1. The first-order chi connectivity index (χ1) is 9.67. The summed E-state index contributed by atoms with van der Waals surface area (Å²) in [7, 11) is 0. The SMILES string of the molecule is CCc1nc(-c2cc(F)cc(F)c2)nc2c1CNCC2. The van der Waals surface area contributed by atoms with Crippen LogP contribution in [0.2, 0.25) is 0 Å². The highest BCUT2D eigenvalue weighted by molar-refractivity contribution is 5.56. The number of nitrogens with zero attached hydrogens (tertiary/aromatic N) is 2. The van der Waals surface area contributed by atoms with Gasteiger partial charge in [0, 0.05) is 42.4 Å². The quantitative estimate of drug-likeness (QED) is 0.915. The zero-order valence-electron chi connectivity index (χ0n) is 11.2. The Hall–Kier alpha value is -1.88. The molecule has 1 aromatic carbocycles. The van der Waals surface area contributed by atoms with E-state index in [1.54, 1.807) is 0 Å². The van der Waals surface area contributed by atoms with Crippen molar-refractivity contribution in [1.29, 1.82) is 0 Å². The van der Waals surface area contributed by atoms with E-state index in [9.17, 15) is 8.78 Å². The van der Waals surface area contributed by atoms with E-state index < -0.39 is 11.6 Å². The van der Waals surface area contributed by atoms with E-state index in [1.807, 2.05) is 6.92 Å². The molecule has 0 bridgehead atoms. The minimum Gasteiger partial charge on any atom is -0.312 e. The maximum Gasteiger partial charge on any atom is 0.159 e. The molecule has 0 fully saturated rings. The summed E-state index contributed by atoms with van der Waals surface area (Å²) in [5.41, 5.74) is 3.44. The lowest BCUT2D eigenvalue weighted by atomic mass is 10.0. The van der Waals surface area contributed by atoms with Crippen LogP contribution in [0, 0.1) is 11.6 Å². The van der Waals surface area contributed by atoms with Crippen LogP contribution < -0.4 is 5.32 Å². The number of hydrogen-bond acceptors (Lipinski definition) is 3. The third-order valence-electron chi connectivity index (χ3n) is 3.47. The average molecular weight is 275 g/mol. The van der Waals surface area contributed by atoms with Gasteiger partial charge in [0.15, 0.2) is 5.82 Å². The molecule has 1 aliphatic heterocycles. The van der Waals surface area contributed by atoms with Gasteiger partial charge in [-0.05, 0) is 18.6 Å². The lowest BCUT2D eigenvalue weighted by Gasteiger charge is -2.19. The van der Waals surface area contributed by atoms with Crippen LogP contribution in [0.5, 0.6) is 0 Å². The molecule has 1 N–H and O–H groups in total.